The van der Waals surface area contributed by atoms with E-state index in [0.29, 0.717) is 15.3 Å². The molecule has 1 heterocycles. The molecule has 19 heavy (non-hydrogen) atoms. The van der Waals surface area contributed by atoms with Gasteiger partial charge >= 0.3 is 0 Å². The number of carbonyl (C=O) groups excluding carboxylic acids is 1. The monoisotopic (exact) mass is 337 g/mol. The van der Waals surface area contributed by atoms with E-state index >= 15 is 0 Å². The number of benzene rings is 1. The smallest absolute Gasteiger partial charge is 0.275 e. The van der Waals surface area contributed by atoms with Crippen molar-refractivity contribution in [1.82, 2.24) is 9.97 Å². The number of anilines is 1. The molecule has 1 aromatic heterocycles. The summed E-state index contributed by atoms with van der Waals surface area (Å²) in [5.41, 5.74) is 1.08. The predicted molar refractivity (Wildman–Crippen MR) is 80.5 cm³/mol. The number of thioether (sulfide) groups is 1. The number of para-hydroxylation sites is 1. The van der Waals surface area contributed by atoms with Crippen LogP contribution in [0.1, 0.15) is 17.4 Å². The number of amides is 1. The third kappa shape index (κ3) is 3.78. The Hall–Kier alpha value is -1.40. The normalized spacial score (nSPS) is 10.2. The molecule has 1 aromatic carbocycles. The van der Waals surface area contributed by atoms with Gasteiger partial charge in [0.15, 0.2) is 5.16 Å². The predicted octanol–water partition coefficient (Wildman–Crippen LogP) is 3.60. The van der Waals surface area contributed by atoms with E-state index in [4.69, 9.17) is 0 Å². The summed E-state index contributed by atoms with van der Waals surface area (Å²) in [6.07, 6.45) is 1.60. The molecule has 4 nitrogen and oxygen atoms in total. The number of nitrogens with zero attached hydrogens (tertiary/aromatic N) is 2. The second kappa shape index (κ2) is 6.68. The largest absolute Gasteiger partial charge is 0.321 e. The van der Waals surface area contributed by atoms with Crippen LogP contribution < -0.4 is 5.32 Å². The van der Waals surface area contributed by atoms with Gasteiger partial charge in [0.2, 0.25) is 0 Å². The fourth-order valence-corrected chi connectivity index (χ4v) is 2.33. The van der Waals surface area contributed by atoms with Crippen molar-refractivity contribution in [2.24, 2.45) is 0 Å². The summed E-state index contributed by atoms with van der Waals surface area (Å²) in [6, 6.07) is 9.28. The molecule has 0 spiro atoms. The molecule has 2 aromatic rings. The molecule has 0 aliphatic rings. The zero-order chi connectivity index (χ0) is 13.7. The molecule has 0 fully saturated rings. The molecule has 0 saturated heterocycles. The van der Waals surface area contributed by atoms with Gasteiger partial charge < -0.3 is 5.32 Å². The van der Waals surface area contributed by atoms with Gasteiger partial charge in [0.25, 0.3) is 5.91 Å². The second-order valence-electron chi connectivity index (χ2n) is 3.60. The molecule has 0 bridgehead atoms. The Bertz CT molecular complexity index is 577. The van der Waals surface area contributed by atoms with Crippen LogP contribution in [-0.2, 0) is 0 Å². The van der Waals surface area contributed by atoms with Crippen molar-refractivity contribution in [2.75, 3.05) is 11.1 Å². The van der Waals surface area contributed by atoms with Crippen LogP contribution in [0.4, 0.5) is 5.69 Å². The minimum Gasteiger partial charge on any atom is -0.321 e. The molecule has 0 aliphatic heterocycles. The van der Waals surface area contributed by atoms with E-state index in [1.165, 1.54) is 11.8 Å². The summed E-state index contributed by atoms with van der Waals surface area (Å²) in [4.78, 5) is 20.5. The Labute approximate surface area is 124 Å². The molecule has 2 rings (SSSR count). The number of hydrogen-bond donors (Lipinski definition) is 1. The van der Waals surface area contributed by atoms with E-state index in [2.05, 4.69) is 31.2 Å². The van der Waals surface area contributed by atoms with Gasteiger partial charge in [0.05, 0.1) is 4.47 Å². The van der Waals surface area contributed by atoms with Gasteiger partial charge in [-0.05, 0) is 33.8 Å². The molecular formula is C13H12BrN3OS. The second-order valence-corrected chi connectivity index (χ2v) is 5.69. The minimum atomic E-state index is -0.251. The highest BCUT2D eigenvalue weighted by molar-refractivity contribution is 9.10. The van der Waals surface area contributed by atoms with Gasteiger partial charge in [-0.15, -0.1) is 0 Å². The Morgan fingerprint density at radius 2 is 2.11 bits per heavy atom. The van der Waals surface area contributed by atoms with Gasteiger partial charge in [-0.25, -0.2) is 9.97 Å². The molecule has 1 amide bonds. The Morgan fingerprint density at radius 1 is 1.37 bits per heavy atom. The van der Waals surface area contributed by atoms with Crippen LogP contribution in [0, 0.1) is 0 Å². The van der Waals surface area contributed by atoms with E-state index in [9.17, 15) is 4.79 Å². The molecular weight excluding hydrogens is 326 g/mol. The van der Waals surface area contributed by atoms with Gasteiger partial charge in [0, 0.05) is 11.9 Å². The van der Waals surface area contributed by atoms with Gasteiger partial charge in [0.1, 0.15) is 5.69 Å². The number of nitrogens with one attached hydrogen (secondary N) is 1. The summed E-state index contributed by atoms with van der Waals surface area (Å²) in [5, 5.41) is 3.40. The standard InChI is InChI=1S/C13H12BrN3OS/c1-2-19-13-15-8-10(14)11(17-13)12(18)16-9-6-4-3-5-7-9/h3-8H,2H2,1H3,(H,16,18). The van der Waals surface area contributed by atoms with Crippen molar-refractivity contribution in [2.45, 2.75) is 12.1 Å². The van der Waals surface area contributed by atoms with E-state index in [0.717, 1.165) is 11.4 Å². The summed E-state index contributed by atoms with van der Waals surface area (Å²) in [7, 11) is 0. The molecule has 1 N–H and O–H groups in total. The van der Waals surface area contributed by atoms with Crippen molar-refractivity contribution in [3.05, 3.63) is 46.7 Å². The lowest BCUT2D eigenvalue weighted by Gasteiger charge is -2.07. The van der Waals surface area contributed by atoms with Crippen molar-refractivity contribution < 1.29 is 4.79 Å². The maximum atomic E-state index is 12.2. The zero-order valence-electron chi connectivity index (χ0n) is 10.3. The molecule has 0 aliphatic carbocycles. The van der Waals surface area contributed by atoms with Crippen molar-refractivity contribution in [1.29, 1.82) is 0 Å². The van der Waals surface area contributed by atoms with Crippen LogP contribution in [0.5, 0.6) is 0 Å². The lowest BCUT2D eigenvalue weighted by Crippen LogP contribution is -2.15. The SMILES string of the molecule is CCSc1ncc(Br)c(C(=O)Nc2ccccc2)n1. The third-order valence-corrected chi connectivity index (χ3v) is 3.57. The Kier molecular flexibility index (Phi) is 4.93. The first kappa shape index (κ1) is 14.0. The lowest BCUT2D eigenvalue weighted by molar-refractivity contribution is 0.102. The summed E-state index contributed by atoms with van der Waals surface area (Å²) < 4.78 is 0.585. The maximum Gasteiger partial charge on any atom is 0.275 e. The highest BCUT2D eigenvalue weighted by atomic mass is 79.9. The van der Waals surface area contributed by atoms with Gasteiger partial charge in [-0.1, -0.05) is 36.9 Å². The quantitative estimate of drug-likeness (QED) is 0.684. The van der Waals surface area contributed by atoms with Crippen LogP contribution in [0.15, 0.2) is 46.2 Å². The van der Waals surface area contributed by atoms with E-state index in [1.807, 2.05) is 37.3 Å². The zero-order valence-corrected chi connectivity index (χ0v) is 12.7. The maximum absolute atomic E-state index is 12.2. The molecule has 6 heteroatoms. The first-order valence-corrected chi connectivity index (χ1v) is 7.50. The highest BCUT2D eigenvalue weighted by Gasteiger charge is 2.14. The van der Waals surface area contributed by atoms with Crippen LogP contribution in [-0.4, -0.2) is 21.6 Å². The Morgan fingerprint density at radius 3 is 2.79 bits per heavy atom. The molecule has 0 atom stereocenters. The average Bonchev–Trinajstić information content (AvgIpc) is 2.42. The molecule has 0 saturated carbocycles. The highest BCUT2D eigenvalue weighted by Crippen LogP contribution is 2.19. The van der Waals surface area contributed by atoms with Crippen molar-refractivity contribution >= 4 is 39.3 Å². The van der Waals surface area contributed by atoms with E-state index in [1.54, 1.807) is 6.20 Å². The van der Waals surface area contributed by atoms with Crippen LogP contribution in [0.25, 0.3) is 0 Å². The number of hydrogen-bond acceptors (Lipinski definition) is 4. The first-order chi connectivity index (χ1) is 9.20. The fraction of sp³-hybridized carbons (Fsp3) is 0.154. The topological polar surface area (TPSA) is 54.9 Å². The summed E-state index contributed by atoms with van der Waals surface area (Å²) in [6.45, 7) is 2.01. The number of aromatic nitrogens is 2. The van der Waals surface area contributed by atoms with Crippen LogP contribution in [0.3, 0.4) is 0 Å². The minimum absolute atomic E-state index is 0.251. The third-order valence-electron chi connectivity index (χ3n) is 2.24. The molecule has 98 valence electrons. The van der Waals surface area contributed by atoms with Gasteiger partial charge in [-0.2, -0.15) is 0 Å². The number of halogens is 1. The van der Waals surface area contributed by atoms with Crippen LogP contribution >= 0.6 is 27.7 Å². The fourth-order valence-electron chi connectivity index (χ4n) is 1.42. The summed E-state index contributed by atoms with van der Waals surface area (Å²) in [5.74, 6) is 0.611. The van der Waals surface area contributed by atoms with Gasteiger partial charge in [-0.3, -0.25) is 4.79 Å². The Balaban J connectivity index is 2.21. The molecule has 0 unspecified atom stereocenters. The molecule has 0 radical (unpaired) electrons. The van der Waals surface area contributed by atoms with E-state index < -0.39 is 0 Å². The van der Waals surface area contributed by atoms with Crippen molar-refractivity contribution in [3.8, 4) is 0 Å². The van der Waals surface area contributed by atoms with E-state index in [-0.39, 0.29) is 5.91 Å². The number of carbonyl (C=O) groups is 1. The average molecular weight is 338 g/mol. The first-order valence-electron chi connectivity index (χ1n) is 5.72. The number of rotatable bonds is 4. The lowest BCUT2D eigenvalue weighted by atomic mass is 10.3. The van der Waals surface area contributed by atoms with Crippen LogP contribution in [0.2, 0.25) is 0 Å². The van der Waals surface area contributed by atoms with Crippen molar-refractivity contribution in [3.63, 3.8) is 0 Å². The summed E-state index contributed by atoms with van der Waals surface area (Å²) >= 11 is 4.80.